The molecular weight excluding hydrogens is 767 g/mol. The number of carbonyl (C=O) groups is 3. The second-order valence-corrected chi connectivity index (χ2v) is 18.1. The van der Waals surface area contributed by atoms with E-state index in [2.05, 4.69) is 50.3 Å². The topological polar surface area (TPSA) is 108 Å². The molecule has 0 bridgehead atoms. The largest absolute Gasteiger partial charge is 0.477 e. The van der Waals surface area contributed by atoms with E-state index in [9.17, 15) is 19.5 Å². The zero-order valence-corrected chi connectivity index (χ0v) is 40.3. The standard InChI is InChI=1S/C52H95NO8/c1-6-8-10-12-14-16-18-20-22-24-25-27-29-31-33-35-37-39-41-43-50(55)61-48(47-60-52(51(56)57)58-45-44-53(3,4)5)46-59-49(54)42-40-38-36-34-32-30-28-26-23-21-19-17-15-13-11-9-7-2/h14,16,20,22,25,27,48,52H,6-13,15,17-19,21,23-24,26,28-47H2,1-5H3/p+1/b16-14-,22-20-,27-25-. The van der Waals surface area contributed by atoms with Gasteiger partial charge in [0, 0.05) is 12.8 Å². The Hall–Kier alpha value is -2.49. The molecule has 9 heteroatoms. The van der Waals surface area contributed by atoms with Crippen LogP contribution in [0.15, 0.2) is 36.5 Å². The molecule has 61 heavy (non-hydrogen) atoms. The Bertz CT molecular complexity index is 1100. The number of allylic oxidation sites excluding steroid dienone is 6. The summed E-state index contributed by atoms with van der Waals surface area (Å²) in [5, 5.41) is 9.66. The molecular formula is C52H96NO8+. The number of unbranched alkanes of at least 4 members (excludes halogenated alkanes) is 25. The molecule has 0 aliphatic heterocycles. The summed E-state index contributed by atoms with van der Waals surface area (Å²) in [6, 6.07) is 0. The predicted molar refractivity (Wildman–Crippen MR) is 254 cm³/mol. The van der Waals surface area contributed by atoms with Crippen molar-refractivity contribution in [3.63, 3.8) is 0 Å². The number of nitrogens with zero attached hydrogens (tertiary/aromatic N) is 1. The van der Waals surface area contributed by atoms with E-state index in [-0.39, 0.29) is 32.2 Å². The van der Waals surface area contributed by atoms with Crippen molar-refractivity contribution in [3.8, 4) is 0 Å². The number of rotatable bonds is 46. The fraction of sp³-hybridized carbons (Fsp3) is 0.827. The van der Waals surface area contributed by atoms with Crippen LogP contribution >= 0.6 is 0 Å². The van der Waals surface area contributed by atoms with Crippen molar-refractivity contribution in [3.05, 3.63) is 36.5 Å². The van der Waals surface area contributed by atoms with Gasteiger partial charge in [-0.25, -0.2) is 4.79 Å². The maximum absolute atomic E-state index is 12.8. The van der Waals surface area contributed by atoms with E-state index < -0.39 is 24.3 Å². The zero-order chi connectivity index (χ0) is 44.9. The van der Waals surface area contributed by atoms with Gasteiger partial charge in [0.05, 0.1) is 34.4 Å². The Morgan fingerprint density at radius 2 is 0.885 bits per heavy atom. The molecule has 0 aromatic carbocycles. The van der Waals surface area contributed by atoms with E-state index in [1.807, 2.05) is 21.1 Å². The lowest BCUT2D eigenvalue weighted by molar-refractivity contribution is -0.870. The van der Waals surface area contributed by atoms with Crippen molar-refractivity contribution >= 4 is 17.9 Å². The summed E-state index contributed by atoms with van der Waals surface area (Å²) in [5.41, 5.74) is 0. The summed E-state index contributed by atoms with van der Waals surface area (Å²) in [6.07, 6.45) is 47.7. The van der Waals surface area contributed by atoms with Crippen LogP contribution in [-0.2, 0) is 33.3 Å². The molecule has 0 amide bonds. The summed E-state index contributed by atoms with van der Waals surface area (Å²) in [7, 11) is 5.96. The van der Waals surface area contributed by atoms with Gasteiger partial charge in [-0.2, -0.15) is 0 Å². The van der Waals surface area contributed by atoms with Crippen molar-refractivity contribution in [2.45, 2.75) is 232 Å². The first-order chi connectivity index (χ1) is 29.6. The summed E-state index contributed by atoms with van der Waals surface area (Å²) in [5.74, 6) is -2.01. The van der Waals surface area contributed by atoms with Crippen LogP contribution in [0.2, 0.25) is 0 Å². The van der Waals surface area contributed by atoms with Gasteiger partial charge >= 0.3 is 17.9 Å². The van der Waals surface area contributed by atoms with Gasteiger partial charge in [0.2, 0.25) is 0 Å². The number of carbonyl (C=O) groups excluding carboxylic acids is 2. The van der Waals surface area contributed by atoms with E-state index in [0.29, 0.717) is 23.9 Å². The first-order valence-electron chi connectivity index (χ1n) is 25.2. The van der Waals surface area contributed by atoms with Crippen LogP contribution < -0.4 is 0 Å². The first-order valence-corrected chi connectivity index (χ1v) is 25.2. The van der Waals surface area contributed by atoms with Gasteiger partial charge in [0.25, 0.3) is 6.29 Å². The monoisotopic (exact) mass is 863 g/mol. The summed E-state index contributed by atoms with van der Waals surface area (Å²) in [6.45, 7) is 4.85. The fourth-order valence-electron chi connectivity index (χ4n) is 6.96. The third-order valence-corrected chi connectivity index (χ3v) is 10.9. The number of carboxylic acid groups (broad SMARTS) is 1. The van der Waals surface area contributed by atoms with Gasteiger partial charge in [-0.3, -0.25) is 9.59 Å². The summed E-state index contributed by atoms with van der Waals surface area (Å²) >= 11 is 0. The third kappa shape index (κ3) is 45.4. The quantitative estimate of drug-likeness (QED) is 0.0212. The van der Waals surface area contributed by atoms with Crippen molar-refractivity contribution in [2.75, 3.05) is 47.5 Å². The van der Waals surface area contributed by atoms with Gasteiger partial charge in [-0.05, 0) is 51.4 Å². The zero-order valence-electron chi connectivity index (χ0n) is 40.3. The summed E-state index contributed by atoms with van der Waals surface area (Å²) in [4.78, 5) is 37.2. The minimum Gasteiger partial charge on any atom is -0.477 e. The van der Waals surface area contributed by atoms with Gasteiger partial charge in [-0.15, -0.1) is 0 Å². The maximum Gasteiger partial charge on any atom is 0.361 e. The highest BCUT2D eigenvalue weighted by atomic mass is 16.7. The molecule has 0 aromatic heterocycles. The number of likely N-dealkylation sites (N-methyl/N-ethyl adjacent to an activating group) is 1. The molecule has 356 valence electrons. The molecule has 0 aliphatic carbocycles. The molecule has 0 spiro atoms. The molecule has 1 N–H and O–H groups in total. The molecule has 0 saturated carbocycles. The third-order valence-electron chi connectivity index (χ3n) is 10.9. The second-order valence-electron chi connectivity index (χ2n) is 18.1. The smallest absolute Gasteiger partial charge is 0.361 e. The van der Waals surface area contributed by atoms with E-state index in [1.54, 1.807) is 0 Å². The predicted octanol–water partition coefficient (Wildman–Crippen LogP) is 13.8. The number of quaternary nitrogens is 1. The highest BCUT2D eigenvalue weighted by Gasteiger charge is 2.25. The van der Waals surface area contributed by atoms with Crippen LogP contribution in [0.5, 0.6) is 0 Å². The molecule has 0 heterocycles. The molecule has 0 aliphatic rings. The fourth-order valence-corrected chi connectivity index (χ4v) is 6.96. The molecule has 0 saturated heterocycles. The lowest BCUT2D eigenvalue weighted by Crippen LogP contribution is -2.40. The van der Waals surface area contributed by atoms with Crippen LogP contribution in [0.3, 0.4) is 0 Å². The molecule has 2 unspecified atom stereocenters. The molecule has 0 fully saturated rings. The average Bonchev–Trinajstić information content (AvgIpc) is 3.22. The van der Waals surface area contributed by atoms with Crippen LogP contribution in [0, 0.1) is 0 Å². The van der Waals surface area contributed by atoms with E-state index in [0.717, 1.165) is 57.8 Å². The van der Waals surface area contributed by atoms with Gasteiger partial charge in [0.15, 0.2) is 6.10 Å². The Kier molecular flexibility index (Phi) is 42.3. The van der Waals surface area contributed by atoms with E-state index in [1.165, 1.54) is 128 Å². The van der Waals surface area contributed by atoms with Gasteiger partial charge in [-0.1, -0.05) is 192 Å². The lowest BCUT2D eigenvalue weighted by atomic mass is 10.0. The van der Waals surface area contributed by atoms with Crippen molar-refractivity contribution in [1.29, 1.82) is 0 Å². The van der Waals surface area contributed by atoms with Crippen molar-refractivity contribution in [2.24, 2.45) is 0 Å². The minimum atomic E-state index is -1.51. The lowest BCUT2D eigenvalue weighted by Gasteiger charge is -2.25. The molecule has 0 radical (unpaired) electrons. The molecule has 0 rings (SSSR count). The van der Waals surface area contributed by atoms with Crippen molar-refractivity contribution < 1.29 is 42.9 Å². The SMILES string of the molecule is CCCCC/C=C\C/C=C\C/C=C\CCCCCCCCC(=O)OC(COC(=O)CCCCCCCCCCCCCCCCCCC)COC(OCC[N+](C)(C)C)C(=O)O. The molecule has 9 nitrogen and oxygen atoms in total. The van der Waals surface area contributed by atoms with E-state index in [4.69, 9.17) is 18.9 Å². The second kappa shape index (κ2) is 44.1. The highest BCUT2D eigenvalue weighted by Crippen LogP contribution is 2.16. The minimum absolute atomic E-state index is 0.185. The molecule has 2 atom stereocenters. The van der Waals surface area contributed by atoms with Gasteiger partial charge < -0.3 is 28.5 Å². The molecule has 0 aromatic rings. The number of esters is 2. The van der Waals surface area contributed by atoms with Crippen molar-refractivity contribution in [1.82, 2.24) is 0 Å². The maximum atomic E-state index is 12.8. The van der Waals surface area contributed by atoms with Crippen LogP contribution in [0.25, 0.3) is 0 Å². The number of ether oxygens (including phenoxy) is 4. The van der Waals surface area contributed by atoms with Crippen LogP contribution in [0.1, 0.15) is 219 Å². The number of hydrogen-bond donors (Lipinski definition) is 1. The Labute approximate surface area is 375 Å². The Morgan fingerprint density at radius 3 is 1.34 bits per heavy atom. The highest BCUT2D eigenvalue weighted by molar-refractivity contribution is 5.71. The number of hydrogen-bond acceptors (Lipinski definition) is 7. The Balaban J connectivity index is 4.38. The van der Waals surface area contributed by atoms with Gasteiger partial charge in [0.1, 0.15) is 13.2 Å². The van der Waals surface area contributed by atoms with Crippen LogP contribution in [-0.4, -0.2) is 87.4 Å². The Morgan fingerprint density at radius 1 is 0.492 bits per heavy atom. The average molecular weight is 863 g/mol. The number of aliphatic carboxylic acids is 1. The summed E-state index contributed by atoms with van der Waals surface area (Å²) < 4.78 is 22.8. The number of carboxylic acids is 1. The first kappa shape index (κ1) is 58.5. The van der Waals surface area contributed by atoms with Crippen LogP contribution in [0.4, 0.5) is 0 Å². The van der Waals surface area contributed by atoms with E-state index >= 15 is 0 Å². The normalized spacial score (nSPS) is 13.1.